The van der Waals surface area contributed by atoms with Gasteiger partial charge in [0.2, 0.25) is 0 Å². The maximum absolute atomic E-state index is 5.02. The van der Waals surface area contributed by atoms with E-state index in [9.17, 15) is 0 Å². The van der Waals surface area contributed by atoms with Gasteiger partial charge in [-0.3, -0.25) is 4.99 Å². The van der Waals surface area contributed by atoms with Crippen molar-refractivity contribution in [3.05, 3.63) is 51.8 Å². The zero-order chi connectivity index (χ0) is 15.9. The second kappa shape index (κ2) is 8.46. The van der Waals surface area contributed by atoms with Crippen molar-refractivity contribution in [2.75, 3.05) is 0 Å². The van der Waals surface area contributed by atoms with Gasteiger partial charge in [-0.05, 0) is 18.4 Å². The Bertz CT molecular complexity index is 649. The zero-order valence-electron chi connectivity index (χ0n) is 14.0. The summed E-state index contributed by atoms with van der Waals surface area (Å²) in [6.07, 6.45) is 7.98. The van der Waals surface area contributed by atoms with Gasteiger partial charge in [0.05, 0.1) is 6.04 Å². The Morgan fingerprint density at radius 2 is 1.83 bits per heavy atom. The van der Waals surface area contributed by atoms with E-state index in [0.29, 0.717) is 6.04 Å². The lowest BCUT2D eigenvalue weighted by Gasteiger charge is -2.08. The van der Waals surface area contributed by atoms with Gasteiger partial charge < -0.3 is 9.88 Å². The molecule has 1 aromatic heterocycles. The predicted molar refractivity (Wildman–Crippen MR) is 97.3 cm³/mol. The summed E-state index contributed by atoms with van der Waals surface area (Å²) in [5.41, 5.74) is 2.65. The molecule has 0 aliphatic heterocycles. The van der Waals surface area contributed by atoms with Crippen molar-refractivity contribution in [2.45, 2.75) is 57.7 Å². The van der Waals surface area contributed by atoms with Gasteiger partial charge in [-0.1, -0.05) is 56.0 Å². The van der Waals surface area contributed by atoms with Gasteiger partial charge in [-0.25, -0.2) is 0 Å². The third-order valence-corrected chi connectivity index (χ3v) is 5.59. The Morgan fingerprint density at radius 3 is 2.57 bits per heavy atom. The Morgan fingerprint density at radius 1 is 1.09 bits per heavy atom. The van der Waals surface area contributed by atoms with Crippen LogP contribution in [0.5, 0.6) is 0 Å². The molecule has 23 heavy (non-hydrogen) atoms. The van der Waals surface area contributed by atoms with Gasteiger partial charge in [-0.15, -0.1) is 11.3 Å². The average molecular weight is 330 g/mol. The summed E-state index contributed by atoms with van der Waals surface area (Å²) >= 11 is 1.78. The fraction of sp³-hybridized carbons (Fsp3) is 0.526. The first-order chi connectivity index (χ1) is 11.3. The normalized spacial score (nSPS) is 17.3. The molecular formula is C19H27N3S. The molecule has 0 atom stereocenters. The van der Waals surface area contributed by atoms with Crippen LogP contribution in [0.3, 0.4) is 0 Å². The van der Waals surface area contributed by atoms with E-state index >= 15 is 0 Å². The topological polar surface area (TPSA) is 29.3 Å². The molecule has 124 valence electrons. The molecule has 0 unspecified atom stereocenters. The minimum Gasteiger partial charge on any atom is -0.323 e. The highest BCUT2D eigenvalue weighted by molar-refractivity contribution is 7.07. The third-order valence-electron chi connectivity index (χ3n) is 4.61. The summed E-state index contributed by atoms with van der Waals surface area (Å²) in [7, 11) is 2.14. The fourth-order valence-electron chi connectivity index (χ4n) is 3.15. The van der Waals surface area contributed by atoms with Crippen molar-refractivity contribution < 1.29 is 0 Å². The van der Waals surface area contributed by atoms with Crippen LogP contribution in [0.4, 0.5) is 0 Å². The van der Waals surface area contributed by atoms with Gasteiger partial charge in [0.1, 0.15) is 0 Å². The SMILES string of the molecule is Cn1c(CNCc2ccccc2)csc1=NC1CCCCCC1. The minimum atomic E-state index is 0.535. The van der Waals surface area contributed by atoms with E-state index in [0.717, 1.165) is 13.1 Å². The van der Waals surface area contributed by atoms with Crippen LogP contribution < -0.4 is 10.1 Å². The lowest BCUT2D eigenvalue weighted by Crippen LogP contribution is -2.21. The molecule has 0 radical (unpaired) electrons. The molecule has 0 bridgehead atoms. The van der Waals surface area contributed by atoms with Gasteiger partial charge >= 0.3 is 0 Å². The molecule has 1 aliphatic carbocycles. The number of rotatable bonds is 5. The molecule has 4 heteroatoms. The first-order valence-corrected chi connectivity index (χ1v) is 9.63. The molecular weight excluding hydrogens is 302 g/mol. The number of nitrogens with zero attached hydrogens (tertiary/aromatic N) is 2. The van der Waals surface area contributed by atoms with Gasteiger partial charge in [0.15, 0.2) is 4.80 Å². The molecule has 1 heterocycles. The molecule has 1 fully saturated rings. The van der Waals surface area contributed by atoms with E-state index < -0.39 is 0 Å². The van der Waals surface area contributed by atoms with Crippen LogP contribution in [0, 0.1) is 0 Å². The summed E-state index contributed by atoms with van der Waals surface area (Å²) in [5, 5.41) is 5.77. The number of nitrogens with one attached hydrogen (secondary N) is 1. The number of thiazole rings is 1. The molecule has 1 aromatic carbocycles. The van der Waals surface area contributed by atoms with Crippen LogP contribution in [-0.2, 0) is 20.1 Å². The van der Waals surface area contributed by atoms with Crippen molar-refractivity contribution >= 4 is 11.3 Å². The van der Waals surface area contributed by atoms with E-state index in [2.05, 4.69) is 52.6 Å². The molecule has 0 saturated heterocycles. The van der Waals surface area contributed by atoms with Crippen LogP contribution in [0.1, 0.15) is 49.8 Å². The van der Waals surface area contributed by atoms with Crippen molar-refractivity contribution in [3.63, 3.8) is 0 Å². The summed E-state index contributed by atoms with van der Waals surface area (Å²) in [4.78, 5) is 6.19. The zero-order valence-corrected chi connectivity index (χ0v) is 14.8. The van der Waals surface area contributed by atoms with Gasteiger partial charge in [0.25, 0.3) is 0 Å². The number of hydrogen-bond donors (Lipinski definition) is 1. The van der Waals surface area contributed by atoms with E-state index in [1.54, 1.807) is 11.3 Å². The maximum atomic E-state index is 5.02. The van der Waals surface area contributed by atoms with Crippen LogP contribution >= 0.6 is 11.3 Å². The molecule has 2 aromatic rings. The Balaban J connectivity index is 1.60. The standard InChI is InChI=1S/C19H27N3S/c1-22-18(14-20-13-16-9-5-4-6-10-16)15-23-19(22)21-17-11-7-2-3-8-12-17/h4-6,9-10,15,17,20H,2-3,7-8,11-14H2,1H3. The van der Waals surface area contributed by atoms with Crippen LogP contribution in [0.2, 0.25) is 0 Å². The van der Waals surface area contributed by atoms with E-state index in [-0.39, 0.29) is 0 Å². The molecule has 3 nitrogen and oxygen atoms in total. The lowest BCUT2D eigenvalue weighted by atomic mass is 10.1. The Hall–Kier alpha value is -1.39. The summed E-state index contributed by atoms with van der Waals surface area (Å²) in [6.45, 7) is 1.80. The van der Waals surface area contributed by atoms with Crippen LogP contribution in [-0.4, -0.2) is 10.6 Å². The predicted octanol–water partition coefficient (Wildman–Crippen LogP) is 4.00. The molecule has 0 amide bonds. The maximum Gasteiger partial charge on any atom is 0.184 e. The second-order valence-corrected chi connectivity index (χ2v) is 7.27. The van der Waals surface area contributed by atoms with Gasteiger partial charge in [0, 0.05) is 31.2 Å². The average Bonchev–Trinajstić information content (AvgIpc) is 2.78. The highest BCUT2D eigenvalue weighted by Crippen LogP contribution is 2.19. The van der Waals surface area contributed by atoms with E-state index in [4.69, 9.17) is 4.99 Å². The lowest BCUT2D eigenvalue weighted by molar-refractivity contribution is 0.562. The fourth-order valence-corrected chi connectivity index (χ4v) is 4.12. The molecule has 1 saturated carbocycles. The summed E-state index contributed by atoms with van der Waals surface area (Å²) in [5.74, 6) is 0. The Labute approximate surface area is 143 Å². The monoisotopic (exact) mass is 329 g/mol. The molecule has 3 rings (SSSR count). The highest BCUT2D eigenvalue weighted by atomic mass is 32.1. The molecule has 1 aliphatic rings. The number of hydrogen-bond acceptors (Lipinski definition) is 3. The smallest absolute Gasteiger partial charge is 0.184 e. The third kappa shape index (κ3) is 4.79. The van der Waals surface area contributed by atoms with Crippen molar-refractivity contribution in [2.24, 2.45) is 12.0 Å². The van der Waals surface area contributed by atoms with Gasteiger partial charge in [-0.2, -0.15) is 0 Å². The first kappa shape index (κ1) is 16.5. The van der Waals surface area contributed by atoms with Crippen LogP contribution in [0.25, 0.3) is 0 Å². The number of benzene rings is 1. The first-order valence-electron chi connectivity index (χ1n) is 8.75. The molecule has 0 spiro atoms. The highest BCUT2D eigenvalue weighted by Gasteiger charge is 2.11. The minimum absolute atomic E-state index is 0.535. The van der Waals surface area contributed by atoms with E-state index in [1.807, 2.05) is 0 Å². The quantitative estimate of drug-likeness (QED) is 0.826. The van der Waals surface area contributed by atoms with Crippen molar-refractivity contribution in [1.82, 2.24) is 9.88 Å². The summed E-state index contributed by atoms with van der Waals surface area (Å²) < 4.78 is 2.26. The van der Waals surface area contributed by atoms with E-state index in [1.165, 1.54) is 54.6 Å². The molecule has 1 N–H and O–H groups in total. The van der Waals surface area contributed by atoms with Crippen molar-refractivity contribution in [1.29, 1.82) is 0 Å². The largest absolute Gasteiger partial charge is 0.323 e. The van der Waals surface area contributed by atoms with Crippen LogP contribution in [0.15, 0.2) is 40.7 Å². The summed E-state index contributed by atoms with van der Waals surface area (Å²) in [6, 6.07) is 11.1. The van der Waals surface area contributed by atoms with Crippen molar-refractivity contribution in [3.8, 4) is 0 Å². The number of aromatic nitrogens is 1. The second-order valence-electron chi connectivity index (χ2n) is 6.43. The Kier molecular flexibility index (Phi) is 6.06.